The van der Waals surface area contributed by atoms with E-state index in [1.807, 2.05) is 24.3 Å². The van der Waals surface area contributed by atoms with Crippen molar-refractivity contribution >= 4 is 28.5 Å². The second-order valence-electron chi connectivity index (χ2n) is 10.3. The molecule has 0 bridgehead atoms. The van der Waals surface area contributed by atoms with Crippen molar-refractivity contribution in [2.24, 2.45) is 11.8 Å². The lowest BCUT2D eigenvalue weighted by molar-refractivity contribution is -0.138. The topological polar surface area (TPSA) is 82.9 Å². The van der Waals surface area contributed by atoms with Gasteiger partial charge < -0.3 is 14.9 Å². The number of benzene rings is 2. The molecule has 0 aliphatic carbocycles. The van der Waals surface area contributed by atoms with Crippen LogP contribution in [0.1, 0.15) is 54.9 Å². The quantitative estimate of drug-likeness (QED) is 0.275. The molecule has 1 aliphatic rings. The summed E-state index contributed by atoms with van der Waals surface area (Å²) in [5.41, 5.74) is 0.861. The molecule has 3 aromatic rings. The number of hydrogen-bond acceptors (Lipinski definition) is 5. The van der Waals surface area contributed by atoms with Gasteiger partial charge in [-0.15, -0.1) is 0 Å². The lowest BCUT2D eigenvalue weighted by Crippen LogP contribution is -2.41. The number of carboxylic acid groups (broad SMARTS) is 1. The number of carboxylic acids is 1. The molecule has 1 saturated heterocycles. The summed E-state index contributed by atoms with van der Waals surface area (Å²) in [7, 11) is 1.59. The van der Waals surface area contributed by atoms with E-state index >= 15 is 0 Å². The van der Waals surface area contributed by atoms with Crippen molar-refractivity contribution in [2.45, 2.75) is 44.4 Å². The number of alkyl halides is 3. The number of aliphatic carboxylic acids is 1. The molecule has 2 heterocycles. The smallest absolute Gasteiger partial charge is 0.417 e. The van der Waals surface area contributed by atoms with Gasteiger partial charge in [-0.25, -0.2) is 0 Å². The summed E-state index contributed by atoms with van der Waals surface area (Å²) >= 11 is 5.69. The van der Waals surface area contributed by atoms with Gasteiger partial charge >= 0.3 is 12.1 Å². The van der Waals surface area contributed by atoms with Crippen molar-refractivity contribution in [3.05, 3.63) is 70.4 Å². The highest BCUT2D eigenvalue weighted by Gasteiger charge is 2.33. The van der Waals surface area contributed by atoms with E-state index < -0.39 is 23.8 Å². The summed E-state index contributed by atoms with van der Waals surface area (Å²) in [5, 5.41) is 20.9. The van der Waals surface area contributed by atoms with Crippen molar-refractivity contribution in [3.8, 4) is 17.6 Å². The molecular weight excluding hydrogens is 557 g/mol. The fraction of sp³-hybridized carbons (Fsp3) is 0.419. The molecule has 0 radical (unpaired) electrons. The van der Waals surface area contributed by atoms with Gasteiger partial charge in [-0.05, 0) is 92.1 Å². The minimum absolute atomic E-state index is 0.0447. The van der Waals surface area contributed by atoms with Gasteiger partial charge in [-0.1, -0.05) is 23.4 Å². The largest absolute Gasteiger partial charge is 0.497 e. The number of aliphatic hydroxyl groups is 1. The fourth-order valence-electron chi connectivity index (χ4n) is 5.48. The second kappa shape index (κ2) is 13.6. The number of fused-ring (bicyclic) bond motifs is 1. The summed E-state index contributed by atoms with van der Waals surface area (Å²) in [5.74, 6) is 5.90. The number of piperidine rings is 1. The predicted molar refractivity (Wildman–Crippen MR) is 151 cm³/mol. The first-order valence-electron chi connectivity index (χ1n) is 13.5. The second-order valence-corrected chi connectivity index (χ2v) is 10.8. The molecule has 10 heteroatoms. The zero-order valence-corrected chi connectivity index (χ0v) is 23.4. The third kappa shape index (κ3) is 8.13. The van der Waals surface area contributed by atoms with Crippen LogP contribution in [0, 0.1) is 23.7 Å². The maximum Gasteiger partial charge on any atom is 0.417 e. The van der Waals surface area contributed by atoms with Gasteiger partial charge in [-0.3, -0.25) is 14.7 Å². The van der Waals surface area contributed by atoms with Crippen LogP contribution >= 0.6 is 11.6 Å². The molecule has 2 N–H and O–H groups in total. The first-order valence-corrected chi connectivity index (χ1v) is 13.8. The molecule has 1 aromatic heterocycles. The number of carbonyl (C=O) groups is 1. The Morgan fingerprint density at radius 1 is 1.20 bits per heavy atom. The van der Waals surface area contributed by atoms with Crippen molar-refractivity contribution in [1.82, 2.24) is 9.88 Å². The number of aliphatic hydroxyl groups excluding tert-OH is 1. The van der Waals surface area contributed by atoms with E-state index in [9.17, 15) is 28.2 Å². The maximum absolute atomic E-state index is 13.2. The standard InChI is InChI=1S/C31H32ClF3N2O4/c1-41-23-7-9-28-25(18-23)24(12-14-36-28)29(38)10-5-21-13-16-37(19-22(21)6-11-30(39)40)15-2-3-20-4-8-27(32)26(17-20)31(33,34)35/h4,7-9,12,14,17-18,21-22,29,38H,5-6,10-11,13,15-16,19H2,1H3,(H,39,40)/t21-,22+,29?/m1/s1. The fourth-order valence-corrected chi connectivity index (χ4v) is 5.71. The SMILES string of the molecule is COc1ccc2nccc(C(O)CC[C@@H]3CCN(CC#Cc4ccc(Cl)c(C(F)(F)F)c4)C[C@@H]3CCC(=O)O)c2c1. The molecule has 1 unspecified atom stereocenters. The molecule has 3 atom stereocenters. The molecule has 0 spiro atoms. The molecule has 1 aliphatic heterocycles. The van der Waals surface area contributed by atoms with Gasteiger partial charge in [0.25, 0.3) is 0 Å². The number of aromatic nitrogens is 1. The van der Waals surface area contributed by atoms with Crippen molar-refractivity contribution in [1.29, 1.82) is 0 Å². The van der Waals surface area contributed by atoms with Gasteiger partial charge in [0.2, 0.25) is 0 Å². The van der Waals surface area contributed by atoms with Crippen LogP contribution in [-0.2, 0) is 11.0 Å². The minimum atomic E-state index is -4.56. The van der Waals surface area contributed by atoms with Gasteiger partial charge in [0, 0.05) is 30.1 Å². The molecule has 1 fully saturated rings. The van der Waals surface area contributed by atoms with Crippen molar-refractivity contribution in [3.63, 3.8) is 0 Å². The van der Waals surface area contributed by atoms with Gasteiger partial charge in [0.05, 0.1) is 35.9 Å². The van der Waals surface area contributed by atoms with Crippen LogP contribution in [-0.4, -0.2) is 52.8 Å². The van der Waals surface area contributed by atoms with Gasteiger partial charge in [-0.2, -0.15) is 13.2 Å². The number of likely N-dealkylation sites (tertiary alicyclic amines) is 1. The minimum Gasteiger partial charge on any atom is -0.497 e. The molecule has 0 amide bonds. The lowest BCUT2D eigenvalue weighted by Gasteiger charge is -2.38. The van der Waals surface area contributed by atoms with Crippen LogP contribution in [0.2, 0.25) is 5.02 Å². The number of nitrogens with zero attached hydrogens (tertiary/aromatic N) is 2. The zero-order valence-electron chi connectivity index (χ0n) is 22.6. The Balaban J connectivity index is 1.40. The first kappa shape index (κ1) is 30.6. The van der Waals surface area contributed by atoms with E-state index in [-0.39, 0.29) is 28.8 Å². The Bertz CT molecular complexity index is 1440. The maximum atomic E-state index is 13.2. The van der Waals surface area contributed by atoms with E-state index in [1.165, 1.54) is 12.1 Å². The van der Waals surface area contributed by atoms with Crippen LogP contribution in [0.3, 0.4) is 0 Å². The summed E-state index contributed by atoms with van der Waals surface area (Å²) in [4.78, 5) is 17.8. The highest BCUT2D eigenvalue weighted by molar-refractivity contribution is 6.31. The zero-order chi connectivity index (χ0) is 29.6. The summed E-state index contributed by atoms with van der Waals surface area (Å²) in [6.07, 6.45) is -0.993. The lowest BCUT2D eigenvalue weighted by atomic mass is 9.79. The third-order valence-corrected chi connectivity index (χ3v) is 7.99. The molecule has 218 valence electrons. The number of ether oxygens (including phenoxy) is 1. The van der Waals surface area contributed by atoms with Gasteiger partial charge in [0.15, 0.2) is 0 Å². The van der Waals surface area contributed by atoms with Crippen LogP contribution < -0.4 is 4.74 Å². The van der Waals surface area contributed by atoms with E-state index in [4.69, 9.17) is 16.3 Å². The Morgan fingerprint density at radius 3 is 2.73 bits per heavy atom. The molecule has 6 nitrogen and oxygen atoms in total. The number of halogens is 4. The molecule has 0 saturated carbocycles. The Hall–Kier alpha value is -3.32. The average Bonchev–Trinajstić information content (AvgIpc) is 2.94. The third-order valence-electron chi connectivity index (χ3n) is 7.66. The molecule has 41 heavy (non-hydrogen) atoms. The van der Waals surface area contributed by atoms with E-state index in [2.05, 4.69) is 21.7 Å². The summed E-state index contributed by atoms with van der Waals surface area (Å²) < 4.78 is 44.8. The Kier molecular flexibility index (Phi) is 10.1. The first-order chi connectivity index (χ1) is 19.5. The molecule has 2 aromatic carbocycles. The number of methoxy groups -OCH3 is 1. The Labute approximate surface area is 242 Å². The molecular formula is C31H32ClF3N2O4. The summed E-state index contributed by atoms with van der Waals surface area (Å²) in [6, 6.07) is 11.0. The monoisotopic (exact) mass is 588 g/mol. The van der Waals surface area contributed by atoms with E-state index in [0.717, 1.165) is 41.9 Å². The highest BCUT2D eigenvalue weighted by atomic mass is 35.5. The van der Waals surface area contributed by atoms with Crippen molar-refractivity contribution in [2.75, 3.05) is 26.7 Å². The van der Waals surface area contributed by atoms with Crippen molar-refractivity contribution < 1.29 is 32.9 Å². The molecule has 4 rings (SSSR count). The van der Waals surface area contributed by atoms with Gasteiger partial charge in [0.1, 0.15) is 5.75 Å². The average molecular weight is 589 g/mol. The van der Waals surface area contributed by atoms with Crippen LogP contribution in [0.4, 0.5) is 13.2 Å². The van der Waals surface area contributed by atoms with Crippen LogP contribution in [0.15, 0.2) is 48.7 Å². The number of pyridine rings is 1. The number of hydrogen-bond donors (Lipinski definition) is 2. The Morgan fingerprint density at radius 2 is 2.00 bits per heavy atom. The van der Waals surface area contributed by atoms with Crippen LogP contribution in [0.25, 0.3) is 10.9 Å². The van der Waals surface area contributed by atoms with E-state index in [1.54, 1.807) is 13.3 Å². The van der Waals surface area contributed by atoms with Crippen LogP contribution in [0.5, 0.6) is 5.75 Å². The van der Waals surface area contributed by atoms with E-state index in [0.29, 0.717) is 31.7 Å². The predicted octanol–water partition coefficient (Wildman–Crippen LogP) is 6.58. The highest BCUT2D eigenvalue weighted by Crippen LogP contribution is 2.36. The normalized spacial score (nSPS) is 18.5. The number of rotatable bonds is 9. The summed E-state index contributed by atoms with van der Waals surface area (Å²) in [6.45, 7) is 1.71.